The van der Waals surface area contributed by atoms with Gasteiger partial charge in [0.05, 0.1) is 6.54 Å². The summed E-state index contributed by atoms with van der Waals surface area (Å²) in [6.45, 7) is 6.58. The number of benzene rings is 1. The van der Waals surface area contributed by atoms with Gasteiger partial charge in [-0.25, -0.2) is 0 Å². The van der Waals surface area contributed by atoms with Crippen molar-refractivity contribution in [2.75, 3.05) is 11.9 Å². The number of hydrogen-bond donors (Lipinski definition) is 2. The first-order valence-electron chi connectivity index (χ1n) is 7.18. The molecule has 1 aromatic carbocycles. The molecule has 1 amide bonds. The first-order valence-corrected chi connectivity index (χ1v) is 8.00. The van der Waals surface area contributed by atoms with Crippen molar-refractivity contribution < 1.29 is 4.79 Å². The quantitative estimate of drug-likeness (QED) is 0.857. The van der Waals surface area contributed by atoms with Crippen LogP contribution in [-0.2, 0) is 11.2 Å². The van der Waals surface area contributed by atoms with E-state index in [4.69, 9.17) is 0 Å². The molecule has 21 heavy (non-hydrogen) atoms. The highest BCUT2D eigenvalue weighted by atomic mass is 32.1. The molecule has 0 fully saturated rings. The van der Waals surface area contributed by atoms with Crippen LogP contribution in [0.15, 0.2) is 36.4 Å². The highest BCUT2D eigenvalue weighted by Gasteiger charge is 2.08. The minimum Gasteiger partial charge on any atom is -0.325 e. The molecule has 112 valence electrons. The predicted molar refractivity (Wildman–Crippen MR) is 90.0 cm³/mol. The van der Waals surface area contributed by atoms with E-state index in [1.165, 1.54) is 15.3 Å². The van der Waals surface area contributed by atoms with Gasteiger partial charge in [-0.1, -0.05) is 17.7 Å². The maximum Gasteiger partial charge on any atom is 0.238 e. The summed E-state index contributed by atoms with van der Waals surface area (Å²) in [5.74, 6) is -0.00642. The fourth-order valence-electron chi connectivity index (χ4n) is 2.08. The number of nitrogens with one attached hydrogen (secondary N) is 2. The second kappa shape index (κ2) is 7.38. The van der Waals surface area contributed by atoms with Crippen molar-refractivity contribution in [1.82, 2.24) is 5.32 Å². The molecule has 2 N–H and O–H groups in total. The lowest BCUT2D eigenvalue weighted by Crippen LogP contribution is -2.35. The Balaban J connectivity index is 1.74. The summed E-state index contributed by atoms with van der Waals surface area (Å²) in [5.41, 5.74) is 2.03. The van der Waals surface area contributed by atoms with Crippen LogP contribution in [0.1, 0.15) is 22.2 Å². The highest BCUT2D eigenvalue weighted by Crippen LogP contribution is 2.16. The molecule has 1 unspecified atom stereocenters. The normalized spacial score (nSPS) is 12.1. The number of rotatable bonds is 6. The highest BCUT2D eigenvalue weighted by molar-refractivity contribution is 7.11. The first-order chi connectivity index (χ1) is 10.0. The van der Waals surface area contributed by atoms with Gasteiger partial charge in [-0.05, 0) is 51.5 Å². The van der Waals surface area contributed by atoms with Crippen molar-refractivity contribution in [2.45, 2.75) is 33.2 Å². The lowest BCUT2D eigenvalue weighted by atomic mass is 10.2. The van der Waals surface area contributed by atoms with Gasteiger partial charge < -0.3 is 10.6 Å². The van der Waals surface area contributed by atoms with Gasteiger partial charge >= 0.3 is 0 Å². The number of carbonyl (C=O) groups excluding carboxylic acids is 1. The Kier molecular flexibility index (Phi) is 5.53. The maximum absolute atomic E-state index is 11.9. The van der Waals surface area contributed by atoms with Crippen LogP contribution < -0.4 is 10.6 Å². The molecule has 4 heteroatoms. The fourth-order valence-corrected chi connectivity index (χ4v) is 3.10. The van der Waals surface area contributed by atoms with E-state index in [9.17, 15) is 4.79 Å². The molecular formula is C17H22N2OS. The summed E-state index contributed by atoms with van der Waals surface area (Å²) in [7, 11) is 0. The van der Waals surface area contributed by atoms with Crippen LogP contribution in [0, 0.1) is 13.8 Å². The van der Waals surface area contributed by atoms with E-state index in [0.717, 1.165) is 12.1 Å². The molecule has 1 heterocycles. The number of aryl methyl sites for hydroxylation is 2. The van der Waals surface area contributed by atoms with Gasteiger partial charge in [0.15, 0.2) is 0 Å². The average molecular weight is 302 g/mol. The third-order valence-electron chi connectivity index (χ3n) is 3.25. The summed E-state index contributed by atoms with van der Waals surface area (Å²) in [5, 5.41) is 6.16. The molecular weight excluding hydrogens is 280 g/mol. The molecule has 0 saturated heterocycles. The molecule has 1 atom stereocenters. The second-order valence-corrected chi connectivity index (χ2v) is 6.79. The Morgan fingerprint density at radius 2 is 1.86 bits per heavy atom. The van der Waals surface area contributed by atoms with E-state index >= 15 is 0 Å². The monoisotopic (exact) mass is 302 g/mol. The Bertz CT molecular complexity index is 589. The topological polar surface area (TPSA) is 41.1 Å². The average Bonchev–Trinajstić information content (AvgIpc) is 2.84. The number of amides is 1. The largest absolute Gasteiger partial charge is 0.325 e. The van der Waals surface area contributed by atoms with E-state index in [-0.39, 0.29) is 11.9 Å². The third-order valence-corrected chi connectivity index (χ3v) is 4.27. The summed E-state index contributed by atoms with van der Waals surface area (Å²) < 4.78 is 0. The van der Waals surface area contributed by atoms with Gasteiger partial charge in [-0.3, -0.25) is 4.79 Å². The van der Waals surface area contributed by atoms with Gasteiger partial charge in [0.1, 0.15) is 0 Å². The van der Waals surface area contributed by atoms with Gasteiger partial charge in [0.25, 0.3) is 0 Å². The van der Waals surface area contributed by atoms with Crippen molar-refractivity contribution in [3.63, 3.8) is 0 Å². The number of hydrogen-bond acceptors (Lipinski definition) is 3. The van der Waals surface area contributed by atoms with Crippen LogP contribution in [0.2, 0.25) is 0 Å². The van der Waals surface area contributed by atoms with Crippen molar-refractivity contribution in [3.05, 3.63) is 51.7 Å². The smallest absolute Gasteiger partial charge is 0.238 e. The molecule has 0 spiro atoms. The van der Waals surface area contributed by atoms with E-state index < -0.39 is 0 Å². The Labute approximate surface area is 130 Å². The molecule has 0 aliphatic heterocycles. The fraction of sp³-hybridized carbons (Fsp3) is 0.353. The van der Waals surface area contributed by atoms with Crippen molar-refractivity contribution in [2.24, 2.45) is 0 Å². The lowest BCUT2D eigenvalue weighted by Gasteiger charge is -2.13. The molecule has 3 nitrogen and oxygen atoms in total. The van der Waals surface area contributed by atoms with Gasteiger partial charge in [-0.15, -0.1) is 11.3 Å². The Hall–Kier alpha value is -1.65. The number of carbonyl (C=O) groups is 1. The Morgan fingerprint density at radius 3 is 2.48 bits per heavy atom. The maximum atomic E-state index is 11.9. The van der Waals surface area contributed by atoms with E-state index in [1.807, 2.05) is 42.5 Å². The minimum atomic E-state index is -0.00642. The zero-order valence-corrected chi connectivity index (χ0v) is 13.6. The molecule has 0 aliphatic rings. The van der Waals surface area contributed by atoms with Gasteiger partial charge in [-0.2, -0.15) is 0 Å². The van der Waals surface area contributed by atoms with Crippen molar-refractivity contribution >= 4 is 22.9 Å². The first kappa shape index (κ1) is 15.7. The minimum absolute atomic E-state index is 0.00642. The Morgan fingerprint density at radius 1 is 1.14 bits per heavy atom. The van der Waals surface area contributed by atoms with E-state index in [2.05, 4.69) is 36.6 Å². The number of thiophene rings is 1. The summed E-state index contributed by atoms with van der Waals surface area (Å²) in [6.07, 6.45) is 0.955. The lowest BCUT2D eigenvalue weighted by molar-refractivity contribution is -0.115. The summed E-state index contributed by atoms with van der Waals surface area (Å²) in [4.78, 5) is 14.6. The van der Waals surface area contributed by atoms with Crippen molar-refractivity contribution in [3.8, 4) is 0 Å². The standard InChI is InChI=1S/C17H22N2OS/c1-12-4-7-15(8-5-12)19-17(20)11-18-13(2)10-16-9-6-14(3)21-16/h4-9,13,18H,10-11H2,1-3H3,(H,19,20). The summed E-state index contributed by atoms with van der Waals surface area (Å²) >= 11 is 1.81. The predicted octanol–water partition coefficient (Wildman–Crippen LogP) is 3.52. The molecule has 0 saturated carbocycles. The van der Waals surface area contributed by atoms with Crippen LogP contribution in [0.3, 0.4) is 0 Å². The zero-order chi connectivity index (χ0) is 15.2. The second-order valence-electron chi connectivity index (χ2n) is 5.41. The van der Waals surface area contributed by atoms with Crippen molar-refractivity contribution in [1.29, 1.82) is 0 Å². The molecule has 1 aromatic heterocycles. The SMILES string of the molecule is Cc1ccc(NC(=O)CNC(C)Cc2ccc(C)s2)cc1. The summed E-state index contributed by atoms with van der Waals surface area (Å²) in [6, 6.07) is 12.4. The van der Waals surface area contributed by atoms with Crippen LogP contribution in [0.25, 0.3) is 0 Å². The van der Waals surface area contributed by atoms with Gasteiger partial charge in [0.2, 0.25) is 5.91 Å². The number of anilines is 1. The molecule has 2 aromatic rings. The molecule has 0 radical (unpaired) electrons. The molecule has 0 bridgehead atoms. The van der Waals surface area contributed by atoms with Crippen LogP contribution in [0.5, 0.6) is 0 Å². The van der Waals surface area contributed by atoms with Crippen LogP contribution in [0.4, 0.5) is 5.69 Å². The third kappa shape index (κ3) is 5.33. The van der Waals surface area contributed by atoms with Crippen LogP contribution in [-0.4, -0.2) is 18.5 Å². The van der Waals surface area contributed by atoms with E-state index in [0.29, 0.717) is 6.54 Å². The van der Waals surface area contributed by atoms with Crippen LogP contribution >= 0.6 is 11.3 Å². The van der Waals surface area contributed by atoms with Gasteiger partial charge in [0, 0.05) is 21.5 Å². The van der Waals surface area contributed by atoms with E-state index in [1.54, 1.807) is 0 Å². The molecule has 0 aliphatic carbocycles. The molecule has 2 rings (SSSR count). The zero-order valence-electron chi connectivity index (χ0n) is 12.8.